The number of rotatable bonds is 6. The maximum absolute atomic E-state index is 12.7. The van der Waals surface area contributed by atoms with Crippen LogP contribution in [0.5, 0.6) is 11.6 Å². The molecule has 0 radical (unpaired) electrons. The lowest BCUT2D eigenvalue weighted by atomic mass is 10.2. The number of imidazole rings is 1. The standard InChI is InChI=1S/C22H21N5O3S/c1-15-4-9-20(16(2)12-15)31(28,29)26-18-5-7-19(8-6-18)30-22-13-21(24-14-25-22)27-11-10-23-17(27)3/h4-14,26H,1-3H3. The van der Waals surface area contributed by atoms with Crippen molar-refractivity contribution < 1.29 is 13.2 Å². The minimum Gasteiger partial charge on any atom is -0.439 e. The van der Waals surface area contributed by atoms with Gasteiger partial charge in [0.25, 0.3) is 10.0 Å². The number of hydrogen-bond donors (Lipinski definition) is 1. The molecule has 4 aromatic rings. The van der Waals surface area contributed by atoms with Crippen LogP contribution >= 0.6 is 0 Å². The molecule has 0 bridgehead atoms. The second-order valence-corrected chi connectivity index (χ2v) is 8.71. The molecule has 0 aliphatic carbocycles. The van der Waals surface area contributed by atoms with Gasteiger partial charge in [0.15, 0.2) is 0 Å². The van der Waals surface area contributed by atoms with Crippen LogP contribution < -0.4 is 9.46 Å². The molecule has 0 saturated heterocycles. The van der Waals surface area contributed by atoms with Crippen molar-refractivity contribution in [1.82, 2.24) is 19.5 Å². The average Bonchev–Trinajstić information content (AvgIpc) is 3.15. The molecule has 0 aliphatic heterocycles. The highest BCUT2D eigenvalue weighted by molar-refractivity contribution is 7.92. The van der Waals surface area contributed by atoms with Crippen LogP contribution in [0, 0.1) is 20.8 Å². The monoisotopic (exact) mass is 435 g/mol. The molecule has 158 valence electrons. The lowest BCUT2D eigenvalue weighted by molar-refractivity contribution is 0.461. The number of ether oxygens (including phenoxy) is 1. The Morgan fingerprint density at radius 2 is 1.71 bits per heavy atom. The zero-order valence-corrected chi connectivity index (χ0v) is 18.1. The van der Waals surface area contributed by atoms with E-state index in [1.807, 2.05) is 24.5 Å². The van der Waals surface area contributed by atoms with Crippen molar-refractivity contribution in [1.29, 1.82) is 0 Å². The van der Waals surface area contributed by atoms with E-state index in [2.05, 4.69) is 19.7 Å². The van der Waals surface area contributed by atoms with Crippen LogP contribution in [0.3, 0.4) is 0 Å². The Bertz CT molecular complexity index is 1330. The van der Waals surface area contributed by atoms with E-state index in [0.717, 1.165) is 11.4 Å². The second kappa shape index (κ2) is 8.19. The van der Waals surface area contributed by atoms with Gasteiger partial charge in [0.2, 0.25) is 5.88 Å². The largest absolute Gasteiger partial charge is 0.439 e. The summed E-state index contributed by atoms with van der Waals surface area (Å²) in [6.45, 7) is 5.58. The van der Waals surface area contributed by atoms with Crippen LogP contribution in [0.1, 0.15) is 17.0 Å². The van der Waals surface area contributed by atoms with E-state index in [9.17, 15) is 8.42 Å². The SMILES string of the molecule is Cc1ccc(S(=O)(=O)Nc2ccc(Oc3cc(-n4ccnc4C)ncn3)cc2)c(C)c1. The Hall–Kier alpha value is -3.72. The highest BCUT2D eigenvalue weighted by Gasteiger charge is 2.17. The van der Waals surface area contributed by atoms with Crippen LogP contribution in [0.15, 0.2) is 72.1 Å². The number of anilines is 1. The third-order valence-electron chi connectivity index (χ3n) is 4.65. The molecule has 0 atom stereocenters. The predicted octanol–water partition coefficient (Wildman–Crippen LogP) is 4.18. The maximum atomic E-state index is 12.7. The summed E-state index contributed by atoms with van der Waals surface area (Å²) in [6.07, 6.45) is 4.91. The fourth-order valence-corrected chi connectivity index (χ4v) is 4.45. The molecule has 0 spiro atoms. The van der Waals surface area contributed by atoms with E-state index in [1.165, 1.54) is 6.33 Å². The van der Waals surface area contributed by atoms with Crippen molar-refractivity contribution in [2.75, 3.05) is 4.72 Å². The molecule has 0 amide bonds. The molecule has 4 rings (SSSR count). The van der Waals surface area contributed by atoms with Crippen LogP contribution in [0.2, 0.25) is 0 Å². The topological polar surface area (TPSA) is 99.0 Å². The summed E-state index contributed by atoms with van der Waals surface area (Å²) in [4.78, 5) is 12.8. The van der Waals surface area contributed by atoms with E-state index in [0.29, 0.717) is 28.7 Å². The molecule has 2 heterocycles. The van der Waals surface area contributed by atoms with E-state index >= 15 is 0 Å². The molecule has 31 heavy (non-hydrogen) atoms. The third-order valence-corrected chi connectivity index (χ3v) is 6.19. The lowest BCUT2D eigenvalue weighted by Crippen LogP contribution is -2.14. The van der Waals surface area contributed by atoms with Gasteiger partial charge in [-0.1, -0.05) is 17.7 Å². The molecule has 0 aliphatic rings. The van der Waals surface area contributed by atoms with Gasteiger partial charge in [0.1, 0.15) is 23.7 Å². The highest BCUT2D eigenvalue weighted by Crippen LogP contribution is 2.25. The van der Waals surface area contributed by atoms with Crippen LogP contribution in [0.25, 0.3) is 5.82 Å². The molecule has 0 unspecified atom stereocenters. The van der Waals surface area contributed by atoms with Crippen molar-refractivity contribution in [2.24, 2.45) is 0 Å². The normalized spacial score (nSPS) is 11.3. The molecule has 2 aromatic heterocycles. The number of aromatic nitrogens is 4. The van der Waals surface area contributed by atoms with Crippen molar-refractivity contribution >= 4 is 15.7 Å². The van der Waals surface area contributed by atoms with E-state index in [-0.39, 0.29) is 4.90 Å². The molecule has 8 nitrogen and oxygen atoms in total. The number of nitrogens with zero attached hydrogens (tertiary/aromatic N) is 4. The van der Waals surface area contributed by atoms with Crippen molar-refractivity contribution in [3.8, 4) is 17.4 Å². The number of hydrogen-bond acceptors (Lipinski definition) is 6. The number of nitrogens with one attached hydrogen (secondary N) is 1. The Morgan fingerprint density at radius 1 is 0.935 bits per heavy atom. The first-order valence-corrected chi connectivity index (χ1v) is 11.0. The first kappa shape index (κ1) is 20.5. The molecule has 0 saturated carbocycles. The Kier molecular flexibility index (Phi) is 5.43. The fraction of sp³-hybridized carbons (Fsp3) is 0.136. The first-order valence-electron chi connectivity index (χ1n) is 9.52. The predicted molar refractivity (Wildman–Crippen MR) is 117 cm³/mol. The summed E-state index contributed by atoms with van der Waals surface area (Å²) in [7, 11) is -3.69. The fourth-order valence-electron chi connectivity index (χ4n) is 3.16. The van der Waals surface area contributed by atoms with Gasteiger partial charge >= 0.3 is 0 Å². The molecule has 2 aromatic carbocycles. The summed E-state index contributed by atoms with van der Waals surface area (Å²) < 4.78 is 35.7. The highest BCUT2D eigenvalue weighted by atomic mass is 32.2. The minimum atomic E-state index is -3.69. The summed E-state index contributed by atoms with van der Waals surface area (Å²) in [5, 5.41) is 0. The maximum Gasteiger partial charge on any atom is 0.262 e. The summed E-state index contributed by atoms with van der Waals surface area (Å²) in [5.74, 6) is 2.31. The van der Waals surface area contributed by atoms with Crippen molar-refractivity contribution in [2.45, 2.75) is 25.7 Å². The smallest absolute Gasteiger partial charge is 0.262 e. The van der Waals surface area contributed by atoms with E-state index < -0.39 is 10.0 Å². The summed E-state index contributed by atoms with van der Waals surface area (Å²) in [6, 6.07) is 13.5. The van der Waals surface area contributed by atoms with Gasteiger partial charge in [-0.25, -0.2) is 23.4 Å². The van der Waals surface area contributed by atoms with Gasteiger partial charge in [-0.15, -0.1) is 0 Å². The van der Waals surface area contributed by atoms with Gasteiger partial charge in [-0.2, -0.15) is 0 Å². The van der Waals surface area contributed by atoms with Gasteiger partial charge in [0.05, 0.1) is 4.90 Å². The Labute approximate surface area is 180 Å². The van der Waals surface area contributed by atoms with E-state index in [1.54, 1.807) is 61.8 Å². The summed E-state index contributed by atoms with van der Waals surface area (Å²) >= 11 is 0. The van der Waals surface area contributed by atoms with Gasteiger partial charge in [-0.05, 0) is 56.7 Å². The van der Waals surface area contributed by atoms with Crippen molar-refractivity contribution in [3.63, 3.8) is 0 Å². The molecular weight excluding hydrogens is 414 g/mol. The molecule has 0 fully saturated rings. The minimum absolute atomic E-state index is 0.252. The third kappa shape index (κ3) is 4.56. The van der Waals surface area contributed by atoms with Crippen LogP contribution in [0.4, 0.5) is 5.69 Å². The van der Waals surface area contributed by atoms with E-state index in [4.69, 9.17) is 4.74 Å². The van der Waals surface area contributed by atoms with Crippen molar-refractivity contribution in [3.05, 3.63) is 84.2 Å². The number of benzene rings is 2. The van der Waals surface area contributed by atoms with Gasteiger partial charge in [-0.3, -0.25) is 9.29 Å². The molecule has 9 heteroatoms. The Balaban J connectivity index is 1.49. The van der Waals surface area contributed by atoms with Gasteiger partial charge < -0.3 is 4.74 Å². The zero-order chi connectivity index (χ0) is 22.0. The number of aryl methyl sites for hydroxylation is 3. The lowest BCUT2D eigenvalue weighted by Gasteiger charge is -2.12. The summed E-state index contributed by atoms with van der Waals surface area (Å²) in [5.41, 5.74) is 2.14. The average molecular weight is 436 g/mol. The quantitative estimate of drug-likeness (QED) is 0.488. The number of sulfonamides is 1. The molecule has 1 N–H and O–H groups in total. The zero-order valence-electron chi connectivity index (χ0n) is 17.3. The second-order valence-electron chi connectivity index (χ2n) is 7.06. The Morgan fingerprint density at radius 3 is 2.39 bits per heavy atom. The van der Waals surface area contributed by atoms with Crippen LogP contribution in [-0.4, -0.2) is 27.9 Å². The molecular formula is C22H21N5O3S. The van der Waals surface area contributed by atoms with Gasteiger partial charge in [0, 0.05) is 24.1 Å². The first-order chi connectivity index (χ1) is 14.8. The van der Waals surface area contributed by atoms with Crippen LogP contribution in [-0.2, 0) is 10.0 Å².